The van der Waals surface area contributed by atoms with Crippen molar-refractivity contribution >= 4 is 21.6 Å². The number of aliphatic hydroxyl groups is 1. The van der Waals surface area contributed by atoms with E-state index in [1.807, 2.05) is 0 Å². The van der Waals surface area contributed by atoms with Crippen molar-refractivity contribution in [1.82, 2.24) is 4.72 Å². The highest BCUT2D eigenvalue weighted by atomic mass is 35.5. The Morgan fingerprint density at radius 3 is 2.73 bits per heavy atom. The molecule has 0 aliphatic heterocycles. The number of sulfonamides is 1. The molecule has 6 heteroatoms. The third kappa shape index (κ3) is 3.17. The minimum absolute atomic E-state index is 0.0212. The van der Waals surface area contributed by atoms with Gasteiger partial charge < -0.3 is 5.11 Å². The van der Waals surface area contributed by atoms with Gasteiger partial charge in [0.05, 0.1) is 11.6 Å². The van der Waals surface area contributed by atoms with Crippen molar-refractivity contribution in [3.8, 4) is 0 Å². The zero-order valence-electron chi connectivity index (χ0n) is 8.20. The molecule has 0 saturated carbocycles. The summed E-state index contributed by atoms with van der Waals surface area (Å²) in [6.45, 7) is 1.51. The van der Waals surface area contributed by atoms with E-state index in [0.717, 1.165) is 5.56 Å². The monoisotopic (exact) mass is 249 g/mol. The lowest BCUT2D eigenvalue weighted by atomic mass is 10.2. The highest BCUT2D eigenvalue weighted by molar-refractivity contribution is 7.89. The van der Waals surface area contributed by atoms with Crippen molar-refractivity contribution in [2.45, 2.75) is 11.8 Å². The summed E-state index contributed by atoms with van der Waals surface area (Å²) in [5.74, 6) is 0. The molecule has 1 rings (SSSR count). The van der Waals surface area contributed by atoms with Crippen molar-refractivity contribution < 1.29 is 13.5 Å². The van der Waals surface area contributed by atoms with E-state index in [2.05, 4.69) is 4.72 Å². The molecule has 0 amide bonds. The van der Waals surface area contributed by atoms with Crippen molar-refractivity contribution in [3.05, 3.63) is 28.8 Å². The first-order chi connectivity index (χ1) is 6.97. The van der Waals surface area contributed by atoms with Gasteiger partial charge in [0.25, 0.3) is 0 Å². The molecule has 1 aromatic carbocycles. The van der Waals surface area contributed by atoms with Crippen LogP contribution in [0.2, 0.25) is 5.02 Å². The predicted molar refractivity (Wildman–Crippen MR) is 58.5 cm³/mol. The highest BCUT2D eigenvalue weighted by Gasteiger charge is 2.16. The second-order valence-corrected chi connectivity index (χ2v) is 5.20. The van der Waals surface area contributed by atoms with Crippen LogP contribution in [0.5, 0.6) is 0 Å². The average molecular weight is 250 g/mol. The summed E-state index contributed by atoms with van der Waals surface area (Å²) in [6.07, 6.45) is 0. The van der Waals surface area contributed by atoms with Gasteiger partial charge in [0.1, 0.15) is 4.90 Å². The fraction of sp³-hybridized carbons (Fsp3) is 0.333. The van der Waals surface area contributed by atoms with E-state index in [1.54, 1.807) is 13.0 Å². The summed E-state index contributed by atoms with van der Waals surface area (Å²) in [6, 6.07) is 4.75. The second kappa shape index (κ2) is 4.94. The third-order valence-electron chi connectivity index (χ3n) is 1.78. The molecular weight excluding hydrogens is 238 g/mol. The first-order valence-electron chi connectivity index (χ1n) is 4.34. The van der Waals surface area contributed by atoms with Crippen LogP contribution in [0.4, 0.5) is 0 Å². The lowest BCUT2D eigenvalue weighted by molar-refractivity contribution is 0.301. The van der Waals surface area contributed by atoms with Crippen LogP contribution < -0.4 is 4.72 Å². The normalized spacial score (nSPS) is 11.7. The van der Waals surface area contributed by atoms with E-state index < -0.39 is 10.0 Å². The van der Waals surface area contributed by atoms with Gasteiger partial charge in [-0.3, -0.25) is 0 Å². The molecule has 0 unspecified atom stereocenters. The van der Waals surface area contributed by atoms with Crippen molar-refractivity contribution in [2.24, 2.45) is 0 Å². The van der Waals surface area contributed by atoms with Gasteiger partial charge in [0.15, 0.2) is 0 Å². The minimum Gasteiger partial charge on any atom is -0.395 e. The molecule has 0 radical (unpaired) electrons. The zero-order chi connectivity index (χ0) is 11.5. The maximum absolute atomic E-state index is 11.7. The highest BCUT2D eigenvalue weighted by Crippen LogP contribution is 2.21. The summed E-state index contributed by atoms with van der Waals surface area (Å²) in [5, 5.41) is 8.71. The summed E-state index contributed by atoms with van der Waals surface area (Å²) in [5.41, 5.74) is 0.809. The molecule has 1 aromatic rings. The van der Waals surface area contributed by atoms with Gasteiger partial charge >= 0.3 is 0 Å². The topological polar surface area (TPSA) is 66.4 Å². The number of nitrogens with one attached hydrogen (secondary N) is 1. The van der Waals surface area contributed by atoms with Gasteiger partial charge in [-0.25, -0.2) is 13.1 Å². The molecule has 0 saturated heterocycles. The fourth-order valence-electron chi connectivity index (χ4n) is 1.07. The summed E-state index contributed by atoms with van der Waals surface area (Å²) in [4.78, 5) is 0.0395. The van der Waals surface area contributed by atoms with Crippen LogP contribution in [0, 0.1) is 6.92 Å². The van der Waals surface area contributed by atoms with Gasteiger partial charge in [-0.2, -0.15) is 0 Å². The molecule has 15 heavy (non-hydrogen) atoms. The summed E-state index contributed by atoms with van der Waals surface area (Å²) >= 11 is 5.78. The molecule has 0 aromatic heterocycles. The molecule has 0 aliphatic rings. The Hall–Kier alpha value is -0.620. The molecule has 4 nitrogen and oxygen atoms in total. The summed E-state index contributed by atoms with van der Waals surface area (Å²) in [7, 11) is -3.62. The predicted octanol–water partition coefficient (Wildman–Crippen LogP) is 0.919. The van der Waals surface area contributed by atoms with Crippen LogP contribution in [0.15, 0.2) is 23.1 Å². The molecule has 0 bridgehead atoms. The van der Waals surface area contributed by atoms with Crippen LogP contribution >= 0.6 is 11.6 Å². The van der Waals surface area contributed by atoms with E-state index in [4.69, 9.17) is 16.7 Å². The molecule has 0 aliphatic carbocycles. The Morgan fingerprint density at radius 1 is 1.47 bits per heavy atom. The standard InChI is InChI=1S/C9H12ClNO3S/c1-7-2-3-8(10)9(6-7)15(13,14)11-4-5-12/h2-3,6,11-12H,4-5H2,1H3. The van der Waals surface area contributed by atoms with Gasteiger partial charge in [-0.1, -0.05) is 17.7 Å². The number of aliphatic hydroxyl groups excluding tert-OH is 1. The van der Waals surface area contributed by atoms with Crippen LogP contribution in [-0.2, 0) is 10.0 Å². The van der Waals surface area contributed by atoms with Crippen molar-refractivity contribution in [3.63, 3.8) is 0 Å². The lowest BCUT2D eigenvalue weighted by Crippen LogP contribution is -2.26. The van der Waals surface area contributed by atoms with E-state index in [1.165, 1.54) is 12.1 Å². The first-order valence-corrected chi connectivity index (χ1v) is 6.20. The molecule has 0 heterocycles. The van der Waals surface area contributed by atoms with Gasteiger partial charge in [-0.05, 0) is 24.6 Å². The van der Waals surface area contributed by atoms with E-state index in [9.17, 15) is 8.42 Å². The molecule has 2 N–H and O–H groups in total. The minimum atomic E-state index is -3.62. The zero-order valence-corrected chi connectivity index (χ0v) is 9.77. The van der Waals surface area contributed by atoms with Crippen LogP contribution in [0.1, 0.15) is 5.56 Å². The summed E-state index contributed by atoms with van der Waals surface area (Å²) < 4.78 is 25.5. The average Bonchev–Trinajstić information content (AvgIpc) is 2.18. The van der Waals surface area contributed by atoms with Crippen LogP contribution in [0.3, 0.4) is 0 Å². The number of rotatable bonds is 4. The third-order valence-corrected chi connectivity index (χ3v) is 3.72. The number of hydrogen-bond donors (Lipinski definition) is 2. The maximum atomic E-state index is 11.7. The Kier molecular flexibility index (Phi) is 4.10. The SMILES string of the molecule is Cc1ccc(Cl)c(S(=O)(=O)NCCO)c1. The second-order valence-electron chi connectivity index (χ2n) is 3.06. The van der Waals surface area contributed by atoms with E-state index in [0.29, 0.717) is 0 Å². The number of halogens is 1. The molecule has 0 fully saturated rings. The Labute approximate surface area is 93.9 Å². The van der Waals surface area contributed by atoms with Gasteiger partial charge in [-0.15, -0.1) is 0 Å². The first kappa shape index (κ1) is 12.4. The van der Waals surface area contributed by atoms with Gasteiger partial charge in [0.2, 0.25) is 10.0 Å². The number of hydrogen-bond acceptors (Lipinski definition) is 3. The van der Waals surface area contributed by atoms with Crippen LogP contribution in [-0.4, -0.2) is 26.7 Å². The van der Waals surface area contributed by atoms with Crippen molar-refractivity contribution in [2.75, 3.05) is 13.2 Å². The quantitative estimate of drug-likeness (QED) is 0.834. The van der Waals surface area contributed by atoms with Crippen molar-refractivity contribution in [1.29, 1.82) is 0 Å². The van der Waals surface area contributed by atoms with Gasteiger partial charge in [0, 0.05) is 6.54 Å². The number of aryl methyl sites for hydroxylation is 1. The largest absolute Gasteiger partial charge is 0.395 e. The lowest BCUT2D eigenvalue weighted by Gasteiger charge is -2.07. The molecule has 0 atom stereocenters. The molecule has 0 spiro atoms. The smallest absolute Gasteiger partial charge is 0.242 e. The maximum Gasteiger partial charge on any atom is 0.242 e. The fourth-order valence-corrected chi connectivity index (χ4v) is 2.68. The Bertz CT molecular complexity index is 445. The number of benzene rings is 1. The Morgan fingerprint density at radius 2 is 2.13 bits per heavy atom. The van der Waals surface area contributed by atoms with Crippen LogP contribution in [0.25, 0.3) is 0 Å². The molecular formula is C9H12ClNO3S. The Balaban J connectivity index is 3.09. The van der Waals surface area contributed by atoms with E-state index >= 15 is 0 Å². The van der Waals surface area contributed by atoms with E-state index in [-0.39, 0.29) is 23.1 Å². The molecule has 84 valence electrons.